The molecule has 2 heterocycles. The van der Waals surface area contributed by atoms with Crippen molar-refractivity contribution in [3.05, 3.63) is 16.7 Å². The molecule has 0 bridgehead atoms. The van der Waals surface area contributed by atoms with Crippen LogP contribution in [0.1, 0.15) is 0 Å². The maximum Gasteiger partial charge on any atom is 0.149 e. The molecule has 1 aliphatic rings. The maximum atomic E-state index is 4.20. The molecular weight excluding hydrogens is 277 g/mol. The van der Waals surface area contributed by atoms with E-state index in [2.05, 4.69) is 31.5 Å². The molecule has 0 saturated heterocycles. The predicted molar refractivity (Wildman–Crippen MR) is 63.4 cm³/mol. The van der Waals surface area contributed by atoms with Gasteiger partial charge in [0.1, 0.15) is 5.82 Å². The highest BCUT2D eigenvalue weighted by molar-refractivity contribution is 9.10. The van der Waals surface area contributed by atoms with Crippen LogP contribution in [0.2, 0.25) is 0 Å². The van der Waals surface area contributed by atoms with Crippen LogP contribution >= 0.6 is 40.7 Å². The average Bonchev–Trinajstić information content (AvgIpc) is 2.04. The summed E-state index contributed by atoms with van der Waals surface area (Å²) in [5.41, 5.74) is 1.07. The third kappa shape index (κ3) is 2.90. The standard InChI is InChI=1S/C7H8BrN3.2ClH/c8-5-3-6-7(11-4-5)10-2-1-9-6;;/h3-4,9H,1-2H2,(H,10,11);2*1H. The molecule has 1 aliphatic heterocycles. The molecule has 0 atom stereocenters. The Labute approximate surface area is 97.6 Å². The summed E-state index contributed by atoms with van der Waals surface area (Å²) in [6, 6.07) is 2.02. The van der Waals surface area contributed by atoms with E-state index < -0.39 is 0 Å². The summed E-state index contributed by atoms with van der Waals surface area (Å²) in [5.74, 6) is 0.944. The molecule has 2 rings (SSSR count). The van der Waals surface area contributed by atoms with Gasteiger partial charge in [0, 0.05) is 23.8 Å². The van der Waals surface area contributed by atoms with Crippen molar-refractivity contribution >= 4 is 52.2 Å². The third-order valence-corrected chi connectivity index (χ3v) is 2.02. The highest BCUT2D eigenvalue weighted by atomic mass is 79.9. The quantitative estimate of drug-likeness (QED) is 0.770. The number of hydrogen-bond acceptors (Lipinski definition) is 3. The smallest absolute Gasteiger partial charge is 0.149 e. The van der Waals surface area contributed by atoms with Crippen LogP contribution in [0, 0.1) is 0 Å². The van der Waals surface area contributed by atoms with Gasteiger partial charge < -0.3 is 10.6 Å². The molecule has 0 aliphatic carbocycles. The van der Waals surface area contributed by atoms with Crippen molar-refractivity contribution in [1.29, 1.82) is 0 Å². The summed E-state index contributed by atoms with van der Waals surface area (Å²) >= 11 is 3.36. The number of aromatic nitrogens is 1. The lowest BCUT2D eigenvalue weighted by Crippen LogP contribution is -2.21. The fourth-order valence-corrected chi connectivity index (χ4v) is 1.42. The van der Waals surface area contributed by atoms with Crippen molar-refractivity contribution in [3.63, 3.8) is 0 Å². The van der Waals surface area contributed by atoms with Gasteiger partial charge in [-0.05, 0) is 22.0 Å². The van der Waals surface area contributed by atoms with Gasteiger partial charge >= 0.3 is 0 Å². The highest BCUT2D eigenvalue weighted by Gasteiger charge is 2.07. The molecule has 0 spiro atoms. The summed E-state index contributed by atoms with van der Waals surface area (Å²) < 4.78 is 1.01. The zero-order chi connectivity index (χ0) is 7.68. The number of hydrogen-bond donors (Lipinski definition) is 2. The Balaban J connectivity index is 0.000000720. The predicted octanol–water partition coefficient (Wildman–Crippen LogP) is 2.53. The molecule has 13 heavy (non-hydrogen) atoms. The second-order valence-corrected chi connectivity index (χ2v) is 3.32. The number of fused-ring (bicyclic) bond motifs is 1. The minimum Gasteiger partial charge on any atom is -0.380 e. The van der Waals surface area contributed by atoms with Gasteiger partial charge in [0.05, 0.1) is 5.69 Å². The second-order valence-electron chi connectivity index (χ2n) is 2.40. The zero-order valence-corrected chi connectivity index (χ0v) is 9.93. The van der Waals surface area contributed by atoms with Gasteiger partial charge in [-0.1, -0.05) is 0 Å². The number of nitrogens with zero attached hydrogens (tertiary/aromatic N) is 1. The average molecular weight is 287 g/mol. The lowest BCUT2D eigenvalue weighted by molar-refractivity contribution is 1.02. The van der Waals surface area contributed by atoms with Gasteiger partial charge in [-0.15, -0.1) is 24.8 Å². The monoisotopic (exact) mass is 285 g/mol. The summed E-state index contributed by atoms with van der Waals surface area (Å²) in [6.07, 6.45) is 1.79. The van der Waals surface area contributed by atoms with E-state index in [4.69, 9.17) is 0 Å². The first kappa shape index (κ1) is 12.8. The van der Waals surface area contributed by atoms with Gasteiger partial charge in [0.15, 0.2) is 0 Å². The van der Waals surface area contributed by atoms with E-state index in [-0.39, 0.29) is 24.8 Å². The minimum absolute atomic E-state index is 0. The van der Waals surface area contributed by atoms with Crippen molar-refractivity contribution in [3.8, 4) is 0 Å². The molecule has 1 aromatic heterocycles. The number of pyridine rings is 1. The van der Waals surface area contributed by atoms with Crippen molar-refractivity contribution < 1.29 is 0 Å². The van der Waals surface area contributed by atoms with E-state index >= 15 is 0 Å². The van der Waals surface area contributed by atoms with Gasteiger partial charge in [-0.3, -0.25) is 0 Å². The topological polar surface area (TPSA) is 37.0 Å². The fourth-order valence-electron chi connectivity index (χ4n) is 1.09. The van der Waals surface area contributed by atoms with Crippen LogP contribution in [-0.2, 0) is 0 Å². The van der Waals surface area contributed by atoms with Crippen molar-refractivity contribution in [2.45, 2.75) is 0 Å². The molecule has 1 aromatic rings. The van der Waals surface area contributed by atoms with E-state index in [1.165, 1.54) is 0 Å². The molecule has 0 amide bonds. The van der Waals surface area contributed by atoms with Crippen LogP contribution in [0.4, 0.5) is 11.5 Å². The van der Waals surface area contributed by atoms with Gasteiger partial charge in [-0.25, -0.2) is 4.98 Å². The first-order valence-electron chi connectivity index (χ1n) is 3.49. The van der Waals surface area contributed by atoms with E-state index in [1.54, 1.807) is 6.20 Å². The van der Waals surface area contributed by atoms with E-state index in [0.29, 0.717) is 0 Å². The van der Waals surface area contributed by atoms with Crippen LogP contribution in [0.3, 0.4) is 0 Å². The van der Waals surface area contributed by atoms with Crippen molar-refractivity contribution in [2.75, 3.05) is 23.7 Å². The molecule has 2 N–H and O–H groups in total. The van der Waals surface area contributed by atoms with E-state index in [0.717, 1.165) is 29.1 Å². The Morgan fingerprint density at radius 1 is 1.23 bits per heavy atom. The van der Waals surface area contributed by atoms with Crippen LogP contribution in [0.25, 0.3) is 0 Å². The Kier molecular flexibility index (Phi) is 5.44. The fraction of sp³-hybridized carbons (Fsp3) is 0.286. The molecule has 0 radical (unpaired) electrons. The third-order valence-electron chi connectivity index (χ3n) is 1.59. The number of nitrogens with one attached hydrogen (secondary N) is 2. The van der Waals surface area contributed by atoms with Gasteiger partial charge in [-0.2, -0.15) is 0 Å². The van der Waals surface area contributed by atoms with Crippen LogP contribution in [-0.4, -0.2) is 18.1 Å². The van der Waals surface area contributed by atoms with Gasteiger partial charge in [0.2, 0.25) is 0 Å². The zero-order valence-electron chi connectivity index (χ0n) is 6.71. The Morgan fingerprint density at radius 2 is 1.92 bits per heavy atom. The number of halogens is 3. The molecule has 0 unspecified atom stereocenters. The molecule has 0 aromatic carbocycles. The highest BCUT2D eigenvalue weighted by Crippen LogP contribution is 2.24. The lowest BCUT2D eigenvalue weighted by Gasteiger charge is -2.18. The molecule has 3 nitrogen and oxygen atoms in total. The lowest BCUT2D eigenvalue weighted by atomic mass is 10.3. The number of rotatable bonds is 0. The summed E-state index contributed by atoms with van der Waals surface area (Å²) in [4.78, 5) is 4.20. The largest absolute Gasteiger partial charge is 0.380 e. The minimum atomic E-state index is 0. The first-order chi connectivity index (χ1) is 5.36. The Bertz CT molecular complexity index is 282. The second kappa shape index (κ2) is 5.52. The van der Waals surface area contributed by atoms with E-state index in [1.807, 2.05) is 6.07 Å². The van der Waals surface area contributed by atoms with Crippen molar-refractivity contribution in [1.82, 2.24) is 4.98 Å². The summed E-state index contributed by atoms with van der Waals surface area (Å²) in [6.45, 7) is 1.91. The summed E-state index contributed by atoms with van der Waals surface area (Å²) in [5, 5.41) is 6.44. The van der Waals surface area contributed by atoms with E-state index in [9.17, 15) is 0 Å². The molecule has 6 heteroatoms. The van der Waals surface area contributed by atoms with Crippen LogP contribution < -0.4 is 10.6 Å². The van der Waals surface area contributed by atoms with Gasteiger partial charge in [0.25, 0.3) is 0 Å². The number of anilines is 2. The molecule has 0 fully saturated rings. The summed E-state index contributed by atoms with van der Waals surface area (Å²) in [7, 11) is 0. The molecular formula is C7H10BrCl2N3. The van der Waals surface area contributed by atoms with Crippen LogP contribution in [0.5, 0.6) is 0 Å². The normalized spacial score (nSPS) is 12.4. The molecule has 0 saturated carbocycles. The Hall–Kier alpha value is -0.190. The van der Waals surface area contributed by atoms with Crippen molar-refractivity contribution in [2.24, 2.45) is 0 Å². The Morgan fingerprint density at radius 3 is 2.69 bits per heavy atom. The van der Waals surface area contributed by atoms with Crippen LogP contribution in [0.15, 0.2) is 16.7 Å². The molecule has 74 valence electrons. The SMILES string of the molecule is Brc1cnc2c(c1)NCCN2.Cl.Cl. The maximum absolute atomic E-state index is 4.20. The first-order valence-corrected chi connectivity index (χ1v) is 4.29.